The van der Waals surface area contributed by atoms with Gasteiger partial charge in [0.1, 0.15) is 24.7 Å². The molecule has 0 aliphatic heterocycles. The lowest BCUT2D eigenvalue weighted by molar-refractivity contribution is 0.877. The van der Waals surface area contributed by atoms with E-state index in [0.29, 0.717) is 11.6 Å². The van der Waals surface area contributed by atoms with Crippen molar-refractivity contribution in [3.63, 3.8) is 0 Å². The minimum atomic E-state index is 0.600. The van der Waals surface area contributed by atoms with Crippen molar-refractivity contribution >= 4 is 17.3 Å². The lowest BCUT2D eigenvalue weighted by atomic mass is 10.2. The number of nitrogens with one attached hydrogen (secondary N) is 1. The third kappa shape index (κ3) is 2.60. The van der Waals surface area contributed by atoms with Gasteiger partial charge in [0.2, 0.25) is 0 Å². The summed E-state index contributed by atoms with van der Waals surface area (Å²) in [5.74, 6) is 0. The van der Waals surface area contributed by atoms with Crippen LogP contribution in [-0.4, -0.2) is 24.7 Å². The monoisotopic (exact) mass is 286 g/mol. The van der Waals surface area contributed by atoms with E-state index in [-0.39, 0.29) is 0 Å². The predicted molar refractivity (Wildman–Crippen MR) is 75.7 cm³/mol. The van der Waals surface area contributed by atoms with Crippen molar-refractivity contribution in [2.45, 2.75) is 6.54 Å². The van der Waals surface area contributed by atoms with Gasteiger partial charge in [-0.2, -0.15) is 5.10 Å². The molecular weight excluding hydrogens is 276 g/mol. The van der Waals surface area contributed by atoms with Crippen molar-refractivity contribution in [3.8, 4) is 5.69 Å². The molecule has 0 amide bonds. The van der Waals surface area contributed by atoms with Crippen LogP contribution in [-0.2, 0) is 6.54 Å². The van der Waals surface area contributed by atoms with Crippen LogP contribution in [0.15, 0.2) is 49.6 Å². The topological polar surface area (TPSA) is 68.5 Å². The fourth-order valence-electron chi connectivity index (χ4n) is 1.83. The fourth-order valence-corrected chi connectivity index (χ4v) is 2.09. The van der Waals surface area contributed by atoms with Crippen molar-refractivity contribution in [1.29, 1.82) is 0 Å². The van der Waals surface area contributed by atoms with Crippen molar-refractivity contribution in [1.82, 2.24) is 24.7 Å². The number of hydrogen-bond acceptors (Lipinski definition) is 5. The highest BCUT2D eigenvalue weighted by molar-refractivity contribution is 6.33. The van der Waals surface area contributed by atoms with E-state index in [4.69, 9.17) is 11.6 Å². The van der Waals surface area contributed by atoms with E-state index in [1.54, 1.807) is 23.4 Å². The van der Waals surface area contributed by atoms with Gasteiger partial charge in [-0.1, -0.05) is 17.7 Å². The maximum Gasteiger partial charge on any atom is 0.138 e. The van der Waals surface area contributed by atoms with E-state index in [1.165, 1.54) is 12.7 Å². The average Bonchev–Trinajstić information content (AvgIpc) is 3.00. The van der Waals surface area contributed by atoms with Crippen LogP contribution in [0.1, 0.15) is 5.56 Å². The number of aromatic nitrogens is 5. The summed E-state index contributed by atoms with van der Waals surface area (Å²) < 4.78 is 1.63. The molecule has 100 valence electrons. The highest BCUT2D eigenvalue weighted by Crippen LogP contribution is 2.27. The Hall–Kier alpha value is -2.47. The Balaban J connectivity index is 1.88. The van der Waals surface area contributed by atoms with Crippen LogP contribution in [0.3, 0.4) is 0 Å². The molecule has 1 aromatic carbocycles. The van der Waals surface area contributed by atoms with Gasteiger partial charge in [0, 0.05) is 24.5 Å². The van der Waals surface area contributed by atoms with Gasteiger partial charge in [0.05, 0.1) is 10.7 Å². The molecule has 2 aromatic heterocycles. The molecule has 20 heavy (non-hydrogen) atoms. The number of para-hydroxylation sites is 1. The summed E-state index contributed by atoms with van der Waals surface area (Å²) >= 11 is 6.25. The average molecular weight is 287 g/mol. The Morgan fingerprint density at radius 2 is 1.95 bits per heavy atom. The summed E-state index contributed by atoms with van der Waals surface area (Å²) in [6, 6.07) is 5.63. The molecule has 6 nitrogen and oxygen atoms in total. The highest BCUT2D eigenvalue weighted by atomic mass is 35.5. The maximum absolute atomic E-state index is 6.25. The van der Waals surface area contributed by atoms with Crippen LogP contribution >= 0.6 is 11.6 Å². The summed E-state index contributed by atoms with van der Waals surface area (Å²) in [4.78, 5) is 11.9. The van der Waals surface area contributed by atoms with Crippen molar-refractivity contribution in [3.05, 3.63) is 60.2 Å². The third-order valence-corrected chi connectivity index (χ3v) is 3.04. The molecule has 0 fully saturated rings. The summed E-state index contributed by atoms with van der Waals surface area (Å²) in [5.41, 5.74) is 2.62. The summed E-state index contributed by atoms with van der Waals surface area (Å²) in [7, 11) is 0. The number of nitrogens with zero attached hydrogens (tertiary/aromatic N) is 5. The van der Waals surface area contributed by atoms with Gasteiger partial charge in [-0.15, -0.1) is 0 Å². The smallest absolute Gasteiger partial charge is 0.138 e. The Labute approximate surface area is 120 Å². The van der Waals surface area contributed by atoms with E-state index in [1.807, 2.05) is 18.2 Å². The van der Waals surface area contributed by atoms with Crippen LogP contribution in [0, 0.1) is 0 Å². The molecule has 2 heterocycles. The van der Waals surface area contributed by atoms with Gasteiger partial charge in [-0.05, 0) is 12.1 Å². The Kier molecular flexibility index (Phi) is 3.56. The number of benzene rings is 1. The van der Waals surface area contributed by atoms with E-state index >= 15 is 0 Å². The molecule has 3 rings (SSSR count). The van der Waals surface area contributed by atoms with Crippen molar-refractivity contribution < 1.29 is 0 Å². The largest absolute Gasteiger partial charge is 0.379 e. The molecule has 0 saturated heterocycles. The lowest BCUT2D eigenvalue weighted by Crippen LogP contribution is -2.06. The molecule has 0 radical (unpaired) electrons. The van der Waals surface area contributed by atoms with Gasteiger partial charge < -0.3 is 5.32 Å². The quantitative estimate of drug-likeness (QED) is 0.797. The number of anilines is 1. The van der Waals surface area contributed by atoms with Crippen LogP contribution < -0.4 is 5.32 Å². The summed E-state index contributed by atoms with van der Waals surface area (Å²) in [6.07, 6.45) is 8.11. The minimum absolute atomic E-state index is 0.600. The molecule has 0 saturated carbocycles. The van der Waals surface area contributed by atoms with E-state index in [0.717, 1.165) is 16.9 Å². The molecule has 0 aliphatic rings. The zero-order chi connectivity index (χ0) is 13.8. The van der Waals surface area contributed by atoms with Crippen LogP contribution in [0.25, 0.3) is 5.69 Å². The minimum Gasteiger partial charge on any atom is -0.379 e. The second-order valence-electron chi connectivity index (χ2n) is 4.08. The second-order valence-corrected chi connectivity index (χ2v) is 4.48. The summed E-state index contributed by atoms with van der Waals surface area (Å²) in [5, 5.41) is 8.03. The van der Waals surface area contributed by atoms with E-state index in [9.17, 15) is 0 Å². The lowest BCUT2D eigenvalue weighted by Gasteiger charge is -2.12. The highest BCUT2D eigenvalue weighted by Gasteiger charge is 2.09. The molecular formula is C13H11ClN6. The van der Waals surface area contributed by atoms with Crippen molar-refractivity contribution in [2.75, 3.05) is 5.32 Å². The normalized spacial score (nSPS) is 10.4. The molecule has 0 aliphatic carbocycles. The molecule has 0 unspecified atom stereocenters. The summed E-state index contributed by atoms with van der Waals surface area (Å²) in [6.45, 7) is 0.600. The zero-order valence-corrected chi connectivity index (χ0v) is 11.2. The fraction of sp³-hybridized carbons (Fsp3) is 0.0769. The molecule has 3 aromatic rings. The van der Waals surface area contributed by atoms with Gasteiger partial charge in [-0.25, -0.2) is 19.6 Å². The number of rotatable bonds is 4. The van der Waals surface area contributed by atoms with Crippen LogP contribution in [0.4, 0.5) is 5.69 Å². The van der Waals surface area contributed by atoms with Crippen LogP contribution in [0.5, 0.6) is 0 Å². The predicted octanol–water partition coefficient (Wildman–Crippen LogP) is 2.32. The first-order chi connectivity index (χ1) is 9.84. The molecule has 0 bridgehead atoms. The Bertz CT molecular complexity index is 683. The van der Waals surface area contributed by atoms with Crippen LogP contribution in [0.2, 0.25) is 5.02 Å². The van der Waals surface area contributed by atoms with E-state index in [2.05, 4.69) is 25.4 Å². The Morgan fingerprint density at radius 1 is 1.10 bits per heavy atom. The SMILES string of the molecule is Clc1cccc(NCc2cncnc2)c1-n1cncn1. The molecule has 1 N–H and O–H groups in total. The molecule has 7 heteroatoms. The maximum atomic E-state index is 6.25. The molecule has 0 atom stereocenters. The second kappa shape index (κ2) is 5.66. The third-order valence-electron chi connectivity index (χ3n) is 2.73. The van der Waals surface area contributed by atoms with Gasteiger partial charge >= 0.3 is 0 Å². The standard InChI is InChI=1S/C13H11ClN6/c14-11-2-1-3-12(13(11)20-9-17-8-19-20)18-6-10-4-15-7-16-5-10/h1-5,7-9,18H,6H2. The van der Waals surface area contributed by atoms with Gasteiger partial charge in [0.25, 0.3) is 0 Å². The Morgan fingerprint density at radius 3 is 2.70 bits per heavy atom. The first-order valence-corrected chi connectivity index (χ1v) is 6.33. The number of hydrogen-bond donors (Lipinski definition) is 1. The van der Waals surface area contributed by atoms with Crippen molar-refractivity contribution in [2.24, 2.45) is 0 Å². The first-order valence-electron chi connectivity index (χ1n) is 5.96. The first kappa shape index (κ1) is 12.6. The zero-order valence-electron chi connectivity index (χ0n) is 10.4. The van der Waals surface area contributed by atoms with E-state index < -0.39 is 0 Å². The molecule has 0 spiro atoms. The van der Waals surface area contributed by atoms with Gasteiger partial charge in [-0.3, -0.25) is 0 Å². The van der Waals surface area contributed by atoms with Gasteiger partial charge in [0.15, 0.2) is 0 Å². The number of halogens is 1.